The Morgan fingerprint density at radius 2 is 1.68 bits per heavy atom. The lowest BCUT2D eigenvalue weighted by Gasteiger charge is -2.32. The van der Waals surface area contributed by atoms with Gasteiger partial charge in [-0.1, -0.05) is 30.3 Å². The molecule has 0 bridgehead atoms. The molecular weight excluding hydrogens is 350 g/mol. The van der Waals surface area contributed by atoms with Gasteiger partial charge in [-0.2, -0.15) is 0 Å². The maximum atomic E-state index is 5.75. The Kier molecular flexibility index (Phi) is 5.74. The number of nitrogens with one attached hydrogen (secondary N) is 1. The minimum atomic E-state index is -0.0318. The van der Waals surface area contributed by atoms with Crippen LogP contribution < -0.4 is 14.8 Å². The van der Waals surface area contributed by atoms with Crippen molar-refractivity contribution in [1.82, 2.24) is 15.2 Å². The van der Waals surface area contributed by atoms with E-state index in [2.05, 4.69) is 34.5 Å². The highest BCUT2D eigenvalue weighted by atomic mass is 16.5. The first kappa shape index (κ1) is 18.7. The van der Waals surface area contributed by atoms with E-state index in [1.54, 1.807) is 14.2 Å². The van der Waals surface area contributed by atoms with Crippen LogP contribution in [0.3, 0.4) is 0 Å². The second-order valence-corrected chi connectivity index (χ2v) is 7.05. The highest BCUT2D eigenvalue weighted by Gasteiger charge is 2.30. The van der Waals surface area contributed by atoms with Crippen molar-refractivity contribution in [2.24, 2.45) is 0 Å². The van der Waals surface area contributed by atoms with E-state index < -0.39 is 0 Å². The van der Waals surface area contributed by atoms with E-state index in [-0.39, 0.29) is 6.04 Å². The molecule has 0 radical (unpaired) electrons. The molecule has 1 aliphatic rings. The van der Waals surface area contributed by atoms with Crippen LogP contribution in [0.15, 0.2) is 54.6 Å². The summed E-state index contributed by atoms with van der Waals surface area (Å²) in [6.45, 7) is 3.94. The highest BCUT2D eigenvalue weighted by molar-refractivity contribution is 5.78. The first-order valence-electron chi connectivity index (χ1n) is 9.83. The van der Waals surface area contributed by atoms with Gasteiger partial charge in [-0.05, 0) is 37.2 Å². The predicted octanol–water partition coefficient (Wildman–Crippen LogP) is 3.64. The van der Waals surface area contributed by atoms with Crippen LogP contribution in [-0.2, 0) is 0 Å². The fraction of sp³-hybridized carbons (Fsp3) is 0.348. The summed E-state index contributed by atoms with van der Waals surface area (Å²) in [6.07, 6.45) is 1.10. The summed E-state index contributed by atoms with van der Waals surface area (Å²) in [5, 5.41) is 4.64. The second-order valence-electron chi connectivity index (χ2n) is 7.05. The normalized spacial score (nSPS) is 16.5. The van der Waals surface area contributed by atoms with E-state index in [1.807, 2.05) is 30.3 Å². The smallest absolute Gasteiger partial charge is 0.127 e. The van der Waals surface area contributed by atoms with E-state index in [0.29, 0.717) is 0 Å². The number of ether oxygens (including phenoxy) is 2. The van der Waals surface area contributed by atoms with Crippen LogP contribution in [0.2, 0.25) is 0 Å². The summed E-state index contributed by atoms with van der Waals surface area (Å²) in [6, 6.07) is 18.5. The van der Waals surface area contributed by atoms with Crippen molar-refractivity contribution in [1.29, 1.82) is 0 Å². The Morgan fingerprint density at radius 3 is 2.46 bits per heavy atom. The largest absolute Gasteiger partial charge is 0.496 e. The number of aromatic nitrogens is 1. The minimum Gasteiger partial charge on any atom is -0.496 e. The lowest BCUT2D eigenvalue weighted by molar-refractivity contribution is 0.227. The van der Waals surface area contributed by atoms with Crippen LogP contribution in [-0.4, -0.2) is 50.3 Å². The lowest BCUT2D eigenvalue weighted by Crippen LogP contribution is -2.34. The molecule has 1 aliphatic heterocycles. The molecule has 0 spiro atoms. The molecule has 0 saturated carbocycles. The topological polar surface area (TPSA) is 46.6 Å². The number of hydrogen-bond acceptors (Lipinski definition) is 5. The number of hydrogen-bond donors (Lipinski definition) is 1. The lowest BCUT2D eigenvalue weighted by atomic mass is 9.97. The molecule has 146 valence electrons. The van der Waals surface area contributed by atoms with Crippen molar-refractivity contribution >= 4 is 10.9 Å². The van der Waals surface area contributed by atoms with E-state index in [1.165, 1.54) is 0 Å². The van der Waals surface area contributed by atoms with Crippen molar-refractivity contribution in [2.45, 2.75) is 12.5 Å². The van der Waals surface area contributed by atoms with E-state index in [4.69, 9.17) is 14.5 Å². The van der Waals surface area contributed by atoms with Crippen LogP contribution in [0, 0.1) is 0 Å². The van der Waals surface area contributed by atoms with Crippen molar-refractivity contribution < 1.29 is 9.47 Å². The van der Waals surface area contributed by atoms with Crippen molar-refractivity contribution in [3.8, 4) is 11.5 Å². The Morgan fingerprint density at radius 1 is 0.893 bits per heavy atom. The average molecular weight is 377 g/mol. The van der Waals surface area contributed by atoms with Gasteiger partial charge in [-0.3, -0.25) is 9.88 Å². The minimum absolute atomic E-state index is 0.0318. The van der Waals surface area contributed by atoms with Crippen LogP contribution in [0.1, 0.15) is 23.7 Å². The van der Waals surface area contributed by atoms with Crippen LogP contribution in [0.25, 0.3) is 10.9 Å². The highest BCUT2D eigenvalue weighted by Crippen LogP contribution is 2.40. The molecule has 2 aromatic carbocycles. The fourth-order valence-electron chi connectivity index (χ4n) is 4.03. The molecule has 1 aromatic heterocycles. The fourth-order valence-corrected chi connectivity index (χ4v) is 4.03. The molecule has 5 nitrogen and oxygen atoms in total. The Hall–Kier alpha value is -2.63. The van der Waals surface area contributed by atoms with Gasteiger partial charge in [0, 0.05) is 25.0 Å². The first-order chi connectivity index (χ1) is 13.8. The van der Waals surface area contributed by atoms with Gasteiger partial charge in [0.2, 0.25) is 0 Å². The molecule has 28 heavy (non-hydrogen) atoms. The summed E-state index contributed by atoms with van der Waals surface area (Å²) >= 11 is 0. The third-order valence-corrected chi connectivity index (χ3v) is 5.38. The molecule has 0 aliphatic carbocycles. The van der Waals surface area contributed by atoms with Gasteiger partial charge in [0.25, 0.3) is 0 Å². The van der Waals surface area contributed by atoms with Gasteiger partial charge in [0.1, 0.15) is 11.5 Å². The SMILES string of the molecule is COc1cccc(OC)c1C(c1ccc2ccccc2n1)N1CCCNCC1. The third-order valence-electron chi connectivity index (χ3n) is 5.38. The molecule has 1 N–H and O–H groups in total. The average Bonchev–Trinajstić information content (AvgIpc) is 3.03. The number of fused-ring (bicyclic) bond motifs is 1. The Balaban J connectivity index is 1.89. The van der Waals surface area contributed by atoms with E-state index in [0.717, 1.165) is 66.3 Å². The van der Waals surface area contributed by atoms with Crippen LogP contribution in [0.4, 0.5) is 0 Å². The number of rotatable bonds is 5. The van der Waals surface area contributed by atoms with Gasteiger partial charge in [0.05, 0.1) is 37.0 Å². The Labute approximate surface area is 166 Å². The van der Waals surface area contributed by atoms with Gasteiger partial charge >= 0.3 is 0 Å². The number of methoxy groups -OCH3 is 2. The van der Waals surface area contributed by atoms with Crippen molar-refractivity contribution in [3.63, 3.8) is 0 Å². The number of benzene rings is 2. The standard InChI is InChI=1S/C23H27N3O2/c1-27-20-9-5-10-21(28-2)22(20)23(26-15-6-13-24-14-16-26)19-12-11-17-7-3-4-8-18(17)25-19/h3-5,7-12,23-24H,6,13-16H2,1-2H3. The molecule has 2 heterocycles. The quantitative estimate of drug-likeness (QED) is 0.736. The number of pyridine rings is 1. The van der Waals surface area contributed by atoms with Crippen LogP contribution in [0.5, 0.6) is 11.5 Å². The van der Waals surface area contributed by atoms with Crippen LogP contribution >= 0.6 is 0 Å². The zero-order valence-electron chi connectivity index (χ0n) is 16.5. The van der Waals surface area contributed by atoms with E-state index >= 15 is 0 Å². The van der Waals surface area contributed by atoms with Crippen molar-refractivity contribution in [2.75, 3.05) is 40.4 Å². The molecule has 1 fully saturated rings. The zero-order chi connectivity index (χ0) is 19.3. The third kappa shape index (κ3) is 3.68. The summed E-state index contributed by atoms with van der Waals surface area (Å²) in [5.74, 6) is 1.66. The van der Waals surface area contributed by atoms with Gasteiger partial charge in [-0.15, -0.1) is 0 Å². The monoisotopic (exact) mass is 377 g/mol. The molecule has 1 saturated heterocycles. The molecule has 0 amide bonds. The molecule has 1 atom stereocenters. The first-order valence-corrected chi connectivity index (χ1v) is 9.83. The van der Waals surface area contributed by atoms with Gasteiger partial charge in [0.15, 0.2) is 0 Å². The molecular formula is C23H27N3O2. The molecule has 3 aromatic rings. The maximum absolute atomic E-state index is 5.75. The Bertz CT molecular complexity index is 914. The maximum Gasteiger partial charge on any atom is 0.127 e. The summed E-state index contributed by atoms with van der Waals surface area (Å²) in [4.78, 5) is 7.52. The summed E-state index contributed by atoms with van der Waals surface area (Å²) < 4.78 is 11.5. The summed E-state index contributed by atoms with van der Waals surface area (Å²) in [7, 11) is 3.43. The second kappa shape index (κ2) is 8.59. The summed E-state index contributed by atoms with van der Waals surface area (Å²) in [5.41, 5.74) is 3.06. The molecule has 1 unspecified atom stereocenters. The van der Waals surface area contributed by atoms with Gasteiger partial charge < -0.3 is 14.8 Å². The molecule has 4 rings (SSSR count). The molecule has 5 heteroatoms. The number of para-hydroxylation sites is 1. The zero-order valence-corrected chi connectivity index (χ0v) is 16.5. The van der Waals surface area contributed by atoms with Crippen molar-refractivity contribution in [3.05, 3.63) is 65.9 Å². The van der Waals surface area contributed by atoms with E-state index in [9.17, 15) is 0 Å². The van der Waals surface area contributed by atoms with Gasteiger partial charge in [-0.25, -0.2) is 0 Å². The predicted molar refractivity (Wildman–Crippen MR) is 112 cm³/mol. The number of nitrogens with zero attached hydrogens (tertiary/aromatic N) is 2.